The number of hydrogen-bond acceptors (Lipinski definition) is 3. The molecular formula is C20H28N2O3. The lowest BCUT2D eigenvalue weighted by Gasteiger charge is -2.27. The molecule has 2 heterocycles. The summed E-state index contributed by atoms with van der Waals surface area (Å²) in [5, 5.41) is 9.03. The number of benzene rings is 1. The van der Waals surface area contributed by atoms with Gasteiger partial charge in [0.1, 0.15) is 0 Å². The van der Waals surface area contributed by atoms with Crippen molar-refractivity contribution in [2.75, 3.05) is 19.7 Å². The van der Waals surface area contributed by atoms with Gasteiger partial charge in [0.2, 0.25) is 11.8 Å². The third-order valence-electron chi connectivity index (χ3n) is 5.41. The molecule has 1 aromatic rings. The van der Waals surface area contributed by atoms with E-state index in [0.717, 1.165) is 37.8 Å². The summed E-state index contributed by atoms with van der Waals surface area (Å²) in [6, 6.07) is 8.43. The fraction of sp³-hybridized carbons (Fsp3) is 0.600. The van der Waals surface area contributed by atoms with Gasteiger partial charge in [0.25, 0.3) is 0 Å². The van der Waals surface area contributed by atoms with Crippen molar-refractivity contribution in [3.8, 4) is 0 Å². The van der Waals surface area contributed by atoms with Gasteiger partial charge in [0.05, 0.1) is 5.92 Å². The Kier molecular flexibility index (Phi) is 5.74. The van der Waals surface area contributed by atoms with Crippen molar-refractivity contribution < 1.29 is 14.7 Å². The minimum atomic E-state index is -0.215. The van der Waals surface area contributed by atoms with Crippen molar-refractivity contribution >= 4 is 11.8 Å². The number of rotatable bonds is 6. The van der Waals surface area contributed by atoms with Gasteiger partial charge in [0.15, 0.2) is 0 Å². The van der Waals surface area contributed by atoms with Crippen LogP contribution in [-0.2, 0) is 16.1 Å². The highest BCUT2D eigenvalue weighted by Crippen LogP contribution is 2.28. The number of aliphatic hydroxyl groups is 1. The second-order valence-electron chi connectivity index (χ2n) is 7.35. The number of nitrogens with zero attached hydrogens (tertiary/aromatic N) is 2. The Morgan fingerprint density at radius 3 is 2.76 bits per heavy atom. The molecule has 1 aromatic carbocycles. The van der Waals surface area contributed by atoms with Gasteiger partial charge in [-0.3, -0.25) is 9.59 Å². The number of aliphatic hydroxyl groups excluding tert-OH is 1. The molecule has 2 aliphatic heterocycles. The average molecular weight is 344 g/mol. The van der Waals surface area contributed by atoms with Crippen LogP contribution in [0, 0.1) is 12.8 Å². The van der Waals surface area contributed by atoms with E-state index in [-0.39, 0.29) is 30.4 Å². The highest BCUT2D eigenvalue weighted by molar-refractivity contribution is 5.89. The van der Waals surface area contributed by atoms with Gasteiger partial charge in [-0.25, -0.2) is 0 Å². The maximum atomic E-state index is 12.9. The maximum Gasteiger partial charge on any atom is 0.228 e. The van der Waals surface area contributed by atoms with Crippen LogP contribution in [0.5, 0.6) is 0 Å². The Morgan fingerprint density at radius 2 is 2.04 bits per heavy atom. The summed E-state index contributed by atoms with van der Waals surface area (Å²) in [5.41, 5.74) is 2.31. The Morgan fingerprint density at radius 1 is 1.28 bits per heavy atom. The van der Waals surface area contributed by atoms with E-state index in [0.29, 0.717) is 19.5 Å². The third kappa shape index (κ3) is 4.21. The highest BCUT2D eigenvalue weighted by Gasteiger charge is 2.39. The van der Waals surface area contributed by atoms with E-state index in [4.69, 9.17) is 5.11 Å². The minimum absolute atomic E-state index is 0.0741. The minimum Gasteiger partial charge on any atom is -0.396 e. The van der Waals surface area contributed by atoms with Crippen molar-refractivity contribution in [1.82, 2.24) is 9.80 Å². The molecule has 2 atom stereocenters. The number of likely N-dealkylation sites (tertiary alicyclic amines) is 2. The first-order valence-corrected chi connectivity index (χ1v) is 9.33. The summed E-state index contributed by atoms with van der Waals surface area (Å²) >= 11 is 0. The van der Waals surface area contributed by atoms with Crippen LogP contribution in [0.2, 0.25) is 0 Å². The van der Waals surface area contributed by atoms with Crippen molar-refractivity contribution in [2.24, 2.45) is 5.92 Å². The molecule has 0 spiro atoms. The first-order valence-electron chi connectivity index (χ1n) is 9.33. The second kappa shape index (κ2) is 8.00. The molecule has 5 heteroatoms. The Hall–Kier alpha value is -1.88. The van der Waals surface area contributed by atoms with Crippen molar-refractivity contribution in [3.63, 3.8) is 0 Å². The summed E-state index contributed by atoms with van der Waals surface area (Å²) in [4.78, 5) is 29.0. The molecule has 0 aliphatic carbocycles. The molecule has 5 nitrogen and oxygen atoms in total. The summed E-state index contributed by atoms with van der Waals surface area (Å²) < 4.78 is 0. The van der Waals surface area contributed by atoms with Crippen molar-refractivity contribution in [2.45, 2.75) is 51.6 Å². The van der Waals surface area contributed by atoms with E-state index in [1.165, 1.54) is 5.56 Å². The molecule has 0 saturated carbocycles. The van der Waals surface area contributed by atoms with Crippen LogP contribution >= 0.6 is 0 Å². The normalized spacial score (nSPS) is 23.5. The summed E-state index contributed by atoms with van der Waals surface area (Å²) in [6.45, 7) is 4.11. The zero-order valence-electron chi connectivity index (χ0n) is 15.0. The summed E-state index contributed by atoms with van der Waals surface area (Å²) in [5.74, 6) is -0.0158. The van der Waals surface area contributed by atoms with E-state index in [1.807, 2.05) is 28.9 Å². The number of carbonyl (C=O) groups excluding carboxylic acids is 2. The summed E-state index contributed by atoms with van der Waals surface area (Å²) in [6.07, 6.45) is 3.95. The summed E-state index contributed by atoms with van der Waals surface area (Å²) in [7, 11) is 0. The molecule has 25 heavy (non-hydrogen) atoms. The Balaban J connectivity index is 1.59. The molecule has 3 rings (SSSR count). The van der Waals surface area contributed by atoms with E-state index >= 15 is 0 Å². The lowest BCUT2D eigenvalue weighted by Crippen LogP contribution is -2.40. The number of amides is 2. The fourth-order valence-electron chi connectivity index (χ4n) is 3.99. The number of aryl methyl sites for hydroxylation is 1. The van der Waals surface area contributed by atoms with Crippen LogP contribution in [0.25, 0.3) is 0 Å². The van der Waals surface area contributed by atoms with Gasteiger partial charge in [-0.2, -0.15) is 0 Å². The molecule has 2 saturated heterocycles. The van der Waals surface area contributed by atoms with Crippen LogP contribution < -0.4 is 0 Å². The number of carbonyl (C=O) groups is 2. The average Bonchev–Trinajstić information content (AvgIpc) is 3.21. The van der Waals surface area contributed by atoms with Gasteiger partial charge < -0.3 is 14.9 Å². The monoisotopic (exact) mass is 344 g/mol. The van der Waals surface area contributed by atoms with E-state index in [1.54, 1.807) is 0 Å². The van der Waals surface area contributed by atoms with Gasteiger partial charge in [0, 0.05) is 38.7 Å². The highest BCUT2D eigenvalue weighted by atomic mass is 16.3. The molecule has 0 radical (unpaired) electrons. The molecule has 2 amide bonds. The fourth-order valence-corrected chi connectivity index (χ4v) is 3.99. The first-order chi connectivity index (χ1) is 12.1. The molecule has 0 bridgehead atoms. The van der Waals surface area contributed by atoms with Crippen LogP contribution in [0.15, 0.2) is 24.3 Å². The van der Waals surface area contributed by atoms with Crippen molar-refractivity contribution in [3.05, 3.63) is 35.4 Å². The van der Waals surface area contributed by atoms with Gasteiger partial charge >= 0.3 is 0 Å². The molecule has 136 valence electrons. The van der Waals surface area contributed by atoms with E-state index in [9.17, 15) is 9.59 Å². The van der Waals surface area contributed by atoms with Crippen molar-refractivity contribution in [1.29, 1.82) is 0 Å². The van der Waals surface area contributed by atoms with Crippen LogP contribution in [-0.4, -0.2) is 52.5 Å². The molecular weight excluding hydrogens is 316 g/mol. The predicted molar refractivity (Wildman–Crippen MR) is 95.8 cm³/mol. The predicted octanol–water partition coefficient (Wildman–Crippen LogP) is 2.11. The van der Waals surface area contributed by atoms with E-state index < -0.39 is 0 Å². The van der Waals surface area contributed by atoms with Gasteiger partial charge in [-0.15, -0.1) is 0 Å². The Labute approximate surface area is 149 Å². The first kappa shape index (κ1) is 17.9. The SMILES string of the molecule is Cc1ccc(CN2CC(C(=O)N3CCCC3CCCO)CC2=O)cc1. The zero-order chi connectivity index (χ0) is 17.8. The number of hydrogen-bond donors (Lipinski definition) is 1. The lowest BCUT2D eigenvalue weighted by molar-refractivity contribution is -0.136. The topological polar surface area (TPSA) is 60.9 Å². The molecule has 2 unspecified atom stereocenters. The Bertz CT molecular complexity index is 614. The smallest absolute Gasteiger partial charge is 0.228 e. The molecule has 1 N–H and O–H groups in total. The molecule has 2 aliphatic rings. The lowest BCUT2D eigenvalue weighted by atomic mass is 10.0. The second-order valence-corrected chi connectivity index (χ2v) is 7.35. The zero-order valence-corrected chi connectivity index (χ0v) is 15.0. The largest absolute Gasteiger partial charge is 0.396 e. The third-order valence-corrected chi connectivity index (χ3v) is 5.41. The van der Waals surface area contributed by atoms with Gasteiger partial charge in [-0.1, -0.05) is 29.8 Å². The molecule has 2 fully saturated rings. The quantitative estimate of drug-likeness (QED) is 0.860. The van der Waals surface area contributed by atoms with E-state index in [2.05, 4.69) is 12.1 Å². The van der Waals surface area contributed by atoms with Crippen LogP contribution in [0.4, 0.5) is 0 Å². The molecule has 0 aromatic heterocycles. The van der Waals surface area contributed by atoms with Crippen LogP contribution in [0.1, 0.15) is 43.2 Å². The standard InChI is InChI=1S/C20H28N2O3/c1-15-6-8-16(9-7-15)13-21-14-17(12-19(21)24)20(25)22-10-2-4-18(22)5-3-11-23/h6-9,17-18,23H,2-5,10-14H2,1H3. The maximum absolute atomic E-state index is 12.9. The van der Waals surface area contributed by atoms with Crippen LogP contribution in [0.3, 0.4) is 0 Å². The van der Waals surface area contributed by atoms with Gasteiger partial charge in [-0.05, 0) is 38.2 Å².